The molecule has 5 nitrogen and oxygen atoms in total. The van der Waals surface area contributed by atoms with Gasteiger partial charge in [0.15, 0.2) is 0 Å². The number of anilines is 1. The van der Waals surface area contributed by atoms with Gasteiger partial charge in [0, 0.05) is 56.8 Å². The van der Waals surface area contributed by atoms with Gasteiger partial charge in [0.05, 0.1) is 11.2 Å². The highest BCUT2D eigenvalue weighted by Gasteiger charge is 2.20. The molecule has 0 bridgehead atoms. The van der Waals surface area contributed by atoms with Crippen LogP contribution >= 0.6 is 11.3 Å². The Bertz CT molecular complexity index is 639. The first-order valence-electron chi connectivity index (χ1n) is 8.08. The van der Waals surface area contributed by atoms with Crippen molar-refractivity contribution < 1.29 is 9.18 Å². The van der Waals surface area contributed by atoms with E-state index >= 15 is 0 Å². The molecule has 7 heteroatoms. The summed E-state index contributed by atoms with van der Waals surface area (Å²) in [4.78, 5) is 20.5. The maximum absolute atomic E-state index is 13.0. The number of nitrogens with zero attached hydrogens (tertiary/aromatic N) is 3. The number of hydrogen-bond acceptors (Lipinski definition) is 5. The van der Waals surface area contributed by atoms with Crippen LogP contribution in [0.4, 0.5) is 10.1 Å². The minimum absolute atomic E-state index is 0.180. The van der Waals surface area contributed by atoms with Gasteiger partial charge in [0.25, 0.3) is 0 Å². The van der Waals surface area contributed by atoms with Gasteiger partial charge in [-0.05, 0) is 24.3 Å². The van der Waals surface area contributed by atoms with E-state index < -0.39 is 0 Å². The number of aromatic nitrogens is 1. The lowest BCUT2D eigenvalue weighted by Gasteiger charge is -2.36. The van der Waals surface area contributed by atoms with Crippen molar-refractivity contribution in [3.8, 4) is 0 Å². The summed E-state index contributed by atoms with van der Waals surface area (Å²) >= 11 is 1.57. The van der Waals surface area contributed by atoms with E-state index in [0.717, 1.165) is 24.5 Å². The molecule has 3 rings (SSSR count). The van der Waals surface area contributed by atoms with Crippen LogP contribution in [0, 0.1) is 5.82 Å². The highest BCUT2D eigenvalue weighted by molar-refractivity contribution is 7.07. The molecule has 2 aromatic rings. The van der Waals surface area contributed by atoms with Crippen molar-refractivity contribution in [3.63, 3.8) is 0 Å². The second-order valence-corrected chi connectivity index (χ2v) is 6.47. The Hall–Kier alpha value is -1.99. The van der Waals surface area contributed by atoms with Crippen molar-refractivity contribution in [1.82, 2.24) is 15.2 Å². The van der Waals surface area contributed by atoms with Crippen molar-refractivity contribution in [3.05, 3.63) is 46.7 Å². The first-order chi connectivity index (χ1) is 11.7. The van der Waals surface area contributed by atoms with Gasteiger partial charge in [0.2, 0.25) is 5.91 Å². The fourth-order valence-corrected chi connectivity index (χ4v) is 3.32. The number of thiazole rings is 1. The Kier molecular flexibility index (Phi) is 5.77. The molecule has 1 fully saturated rings. The Balaban J connectivity index is 1.37. The number of amides is 1. The molecular formula is C17H21FN4OS. The fourth-order valence-electron chi connectivity index (χ4n) is 2.76. The van der Waals surface area contributed by atoms with Gasteiger partial charge in [0.1, 0.15) is 5.82 Å². The van der Waals surface area contributed by atoms with Crippen molar-refractivity contribution in [2.24, 2.45) is 0 Å². The van der Waals surface area contributed by atoms with Gasteiger partial charge in [-0.25, -0.2) is 9.37 Å². The Labute approximate surface area is 145 Å². The van der Waals surface area contributed by atoms with Crippen LogP contribution in [0.25, 0.3) is 0 Å². The summed E-state index contributed by atoms with van der Waals surface area (Å²) in [5, 5.41) is 5.25. The summed E-state index contributed by atoms with van der Waals surface area (Å²) in [6.45, 7) is 4.35. The number of benzene rings is 1. The first-order valence-corrected chi connectivity index (χ1v) is 9.03. The van der Waals surface area contributed by atoms with Crippen LogP contribution in [0.3, 0.4) is 0 Å². The molecule has 24 heavy (non-hydrogen) atoms. The highest BCUT2D eigenvalue weighted by Crippen LogP contribution is 2.17. The van der Waals surface area contributed by atoms with E-state index in [1.807, 2.05) is 15.8 Å². The Morgan fingerprint density at radius 1 is 1.21 bits per heavy atom. The molecular weight excluding hydrogens is 327 g/mol. The predicted octanol–water partition coefficient (Wildman–Crippen LogP) is 2.11. The summed E-state index contributed by atoms with van der Waals surface area (Å²) in [7, 11) is 0. The molecule has 1 saturated heterocycles. The van der Waals surface area contributed by atoms with Gasteiger partial charge >= 0.3 is 0 Å². The molecule has 0 atom stereocenters. The third-order valence-corrected chi connectivity index (χ3v) is 4.76. The quantitative estimate of drug-likeness (QED) is 0.813. The largest absolute Gasteiger partial charge is 0.368 e. The van der Waals surface area contributed by atoms with E-state index in [1.54, 1.807) is 23.5 Å². The fraction of sp³-hybridized carbons (Fsp3) is 0.412. The molecule has 1 aromatic heterocycles. The maximum atomic E-state index is 13.0. The van der Waals surface area contributed by atoms with Gasteiger partial charge in [-0.2, -0.15) is 0 Å². The third-order valence-electron chi connectivity index (χ3n) is 4.13. The number of rotatable bonds is 6. The second-order valence-electron chi connectivity index (χ2n) is 5.75. The number of carbonyl (C=O) groups is 1. The smallest absolute Gasteiger partial charge is 0.223 e. The lowest BCUT2D eigenvalue weighted by Crippen LogP contribution is -2.49. The molecule has 1 aromatic carbocycles. The average molecular weight is 348 g/mol. The zero-order chi connectivity index (χ0) is 16.8. The SMILES string of the molecule is O=C(CCNCc1cscn1)N1CCN(c2ccc(F)cc2)CC1. The Morgan fingerprint density at radius 3 is 2.62 bits per heavy atom. The van der Waals surface area contributed by atoms with E-state index in [1.165, 1.54) is 12.1 Å². The van der Waals surface area contributed by atoms with Crippen molar-refractivity contribution >= 4 is 22.9 Å². The molecule has 1 aliphatic heterocycles. The summed E-state index contributed by atoms with van der Waals surface area (Å²) in [5.74, 6) is -0.0442. The normalized spacial score (nSPS) is 14.9. The summed E-state index contributed by atoms with van der Waals surface area (Å²) in [5.41, 5.74) is 3.83. The topological polar surface area (TPSA) is 48.5 Å². The van der Waals surface area contributed by atoms with E-state index in [9.17, 15) is 9.18 Å². The summed E-state index contributed by atoms with van der Waals surface area (Å²) < 4.78 is 13.0. The van der Waals surface area contributed by atoms with E-state index in [2.05, 4.69) is 15.2 Å². The number of carbonyl (C=O) groups excluding carboxylic acids is 1. The van der Waals surface area contributed by atoms with E-state index in [0.29, 0.717) is 32.6 Å². The molecule has 1 amide bonds. The standard InChI is InChI=1S/C17H21FN4OS/c18-14-1-3-16(4-2-14)21-7-9-22(10-8-21)17(23)5-6-19-11-15-12-24-13-20-15/h1-4,12-13,19H,5-11H2. The molecule has 1 N–H and O–H groups in total. The van der Waals surface area contributed by atoms with Crippen LogP contribution in [0.1, 0.15) is 12.1 Å². The van der Waals surface area contributed by atoms with Crippen LogP contribution < -0.4 is 10.2 Å². The Morgan fingerprint density at radius 2 is 1.96 bits per heavy atom. The van der Waals surface area contributed by atoms with Gasteiger partial charge in [-0.3, -0.25) is 4.79 Å². The number of halogens is 1. The maximum Gasteiger partial charge on any atom is 0.223 e. The summed E-state index contributed by atoms with van der Waals surface area (Å²) in [6.07, 6.45) is 0.501. The van der Waals surface area contributed by atoms with Crippen LogP contribution in [0.2, 0.25) is 0 Å². The average Bonchev–Trinajstić information content (AvgIpc) is 3.13. The molecule has 0 unspecified atom stereocenters. The van der Waals surface area contributed by atoms with Crippen LogP contribution in [-0.4, -0.2) is 48.5 Å². The monoisotopic (exact) mass is 348 g/mol. The van der Waals surface area contributed by atoms with Gasteiger partial charge in [-0.1, -0.05) is 0 Å². The lowest BCUT2D eigenvalue weighted by atomic mass is 10.2. The zero-order valence-corrected chi connectivity index (χ0v) is 14.3. The second kappa shape index (κ2) is 8.21. The highest BCUT2D eigenvalue weighted by atomic mass is 32.1. The van der Waals surface area contributed by atoms with E-state index in [4.69, 9.17) is 0 Å². The lowest BCUT2D eigenvalue weighted by molar-refractivity contribution is -0.131. The predicted molar refractivity (Wildman–Crippen MR) is 93.6 cm³/mol. The minimum Gasteiger partial charge on any atom is -0.368 e. The van der Waals surface area contributed by atoms with Crippen LogP contribution in [0.15, 0.2) is 35.2 Å². The minimum atomic E-state index is -0.224. The molecule has 0 aliphatic carbocycles. The van der Waals surface area contributed by atoms with Gasteiger partial charge in [-0.15, -0.1) is 11.3 Å². The number of piperazine rings is 1. The molecule has 0 spiro atoms. The van der Waals surface area contributed by atoms with Crippen molar-refractivity contribution in [1.29, 1.82) is 0 Å². The number of hydrogen-bond donors (Lipinski definition) is 1. The van der Waals surface area contributed by atoms with Crippen LogP contribution in [-0.2, 0) is 11.3 Å². The molecule has 128 valence electrons. The molecule has 2 heterocycles. The summed E-state index contributed by atoms with van der Waals surface area (Å²) in [6, 6.07) is 6.52. The molecule has 0 radical (unpaired) electrons. The third kappa shape index (κ3) is 4.52. The first kappa shape index (κ1) is 16.9. The molecule has 1 aliphatic rings. The zero-order valence-electron chi connectivity index (χ0n) is 13.4. The van der Waals surface area contributed by atoms with E-state index in [-0.39, 0.29) is 11.7 Å². The van der Waals surface area contributed by atoms with Crippen LogP contribution in [0.5, 0.6) is 0 Å². The van der Waals surface area contributed by atoms with Crippen molar-refractivity contribution in [2.75, 3.05) is 37.6 Å². The number of nitrogens with one attached hydrogen (secondary N) is 1. The molecule has 0 saturated carbocycles. The van der Waals surface area contributed by atoms with Gasteiger partial charge < -0.3 is 15.1 Å². The van der Waals surface area contributed by atoms with Crippen molar-refractivity contribution in [2.45, 2.75) is 13.0 Å².